The van der Waals surface area contributed by atoms with E-state index in [-0.39, 0.29) is 21.4 Å². The SMILES string of the molecule is O=C(OCC(=O)N1CCCc2ccccc21)c1ccc(Cl)c(S(=O)(=O)N2CCCCC2)c1. The summed E-state index contributed by atoms with van der Waals surface area (Å²) >= 11 is 6.16. The van der Waals surface area contributed by atoms with Crippen LogP contribution in [0, 0.1) is 0 Å². The Bertz CT molecular complexity index is 1130. The van der Waals surface area contributed by atoms with E-state index in [0.717, 1.165) is 43.4 Å². The van der Waals surface area contributed by atoms with Crippen molar-refractivity contribution in [1.82, 2.24) is 4.31 Å². The molecule has 0 radical (unpaired) electrons. The van der Waals surface area contributed by atoms with E-state index < -0.39 is 22.6 Å². The first-order chi connectivity index (χ1) is 15.4. The topological polar surface area (TPSA) is 84.0 Å². The van der Waals surface area contributed by atoms with E-state index in [1.165, 1.54) is 22.5 Å². The van der Waals surface area contributed by atoms with Gasteiger partial charge in [-0.1, -0.05) is 36.2 Å². The molecule has 4 rings (SSSR count). The summed E-state index contributed by atoms with van der Waals surface area (Å²) in [5.74, 6) is -1.09. The number of hydrogen-bond acceptors (Lipinski definition) is 5. The first-order valence-corrected chi connectivity index (χ1v) is 12.5. The number of ether oxygens (including phenoxy) is 1. The van der Waals surface area contributed by atoms with Gasteiger partial charge in [0.05, 0.1) is 10.6 Å². The van der Waals surface area contributed by atoms with Gasteiger partial charge in [-0.15, -0.1) is 0 Å². The van der Waals surface area contributed by atoms with Gasteiger partial charge in [0.1, 0.15) is 4.90 Å². The number of carbonyl (C=O) groups excluding carboxylic acids is 2. The van der Waals surface area contributed by atoms with Crippen molar-refractivity contribution >= 4 is 39.2 Å². The molecule has 7 nitrogen and oxygen atoms in total. The maximum absolute atomic E-state index is 13.0. The number of fused-ring (bicyclic) bond motifs is 1. The number of nitrogens with zero attached hydrogens (tertiary/aromatic N) is 2. The lowest BCUT2D eigenvalue weighted by atomic mass is 10.0. The van der Waals surface area contributed by atoms with E-state index in [2.05, 4.69) is 0 Å². The fourth-order valence-electron chi connectivity index (χ4n) is 4.15. The third kappa shape index (κ3) is 4.67. The molecule has 2 aromatic carbocycles. The molecule has 0 spiro atoms. The number of para-hydroxylation sites is 1. The Hall–Kier alpha value is -2.42. The largest absolute Gasteiger partial charge is 0.452 e. The molecule has 0 saturated carbocycles. The minimum Gasteiger partial charge on any atom is -0.452 e. The lowest BCUT2D eigenvalue weighted by Crippen LogP contribution is -2.38. The fourth-order valence-corrected chi connectivity index (χ4v) is 6.17. The maximum Gasteiger partial charge on any atom is 0.338 e. The van der Waals surface area contributed by atoms with Crippen LogP contribution in [0.15, 0.2) is 47.4 Å². The van der Waals surface area contributed by atoms with Gasteiger partial charge < -0.3 is 9.64 Å². The Kier molecular flexibility index (Phi) is 6.83. The molecule has 0 atom stereocenters. The van der Waals surface area contributed by atoms with Crippen LogP contribution in [0.1, 0.15) is 41.6 Å². The van der Waals surface area contributed by atoms with Crippen molar-refractivity contribution in [3.05, 3.63) is 58.6 Å². The van der Waals surface area contributed by atoms with E-state index in [1.807, 2.05) is 24.3 Å². The first-order valence-electron chi connectivity index (χ1n) is 10.7. The Morgan fingerprint density at radius 3 is 2.50 bits per heavy atom. The van der Waals surface area contributed by atoms with Crippen LogP contribution in [0.4, 0.5) is 5.69 Å². The van der Waals surface area contributed by atoms with Gasteiger partial charge in [-0.3, -0.25) is 4.79 Å². The number of anilines is 1. The number of hydrogen-bond donors (Lipinski definition) is 0. The third-order valence-corrected chi connectivity index (χ3v) is 8.22. The number of halogens is 1. The minimum absolute atomic E-state index is 0.0387. The zero-order valence-electron chi connectivity index (χ0n) is 17.6. The summed E-state index contributed by atoms with van der Waals surface area (Å²) in [4.78, 5) is 26.8. The van der Waals surface area contributed by atoms with E-state index in [0.29, 0.717) is 19.6 Å². The Morgan fingerprint density at radius 1 is 0.969 bits per heavy atom. The van der Waals surface area contributed by atoms with E-state index in [9.17, 15) is 18.0 Å². The van der Waals surface area contributed by atoms with E-state index in [4.69, 9.17) is 16.3 Å². The molecule has 0 unspecified atom stereocenters. The number of piperidine rings is 1. The summed E-state index contributed by atoms with van der Waals surface area (Å²) in [5, 5.41) is 0.0492. The number of esters is 1. The van der Waals surface area contributed by atoms with Crippen molar-refractivity contribution < 1.29 is 22.7 Å². The van der Waals surface area contributed by atoms with Gasteiger partial charge in [-0.05, 0) is 55.5 Å². The van der Waals surface area contributed by atoms with Crippen molar-refractivity contribution in [2.45, 2.75) is 37.0 Å². The molecule has 1 fully saturated rings. The Labute approximate surface area is 193 Å². The first kappa shape index (κ1) is 22.8. The molecule has 0 aromatic heterocycles. The van der Waals surface area contributed by atoms with Gasteiger partial charge in [0.25, 0.3) is 5.91 Å². The number of carbonyl (C=O) groups is 2. The van der Waals surface area contributed by atoms with Crippen molar-refractivity contribution in [2.24, 2.45) is 0 Å². The van der Waals surface area contributed by atoms with E-state index in [1.54, 1.807) is 4.90 Å². The quantitative estimate of drug-likeness (QED) is 0.615. The molecule has 170 valence electrons. The van der Waals surface area contributed by atoms with Gasteiger partial charge in [-0.25, -0.2) is 13.2 Å². The van der Waals surface area contributed by atoms with Crippen LogP contribution in [0.3, 0.4) is 0 Å². The van der Waals surface area contributed by atoms with Crippen LogP contribution >= 0.6 is 11.6 Å². The number of aryl methyl sites for hydroxylation is 1. The summed E-state index contributed by atoms with van der Waals surface area (Å²) in [7, 11) is -3.81. The summed E-state index contributed by atoms with van der Waals surface area (Å²) in [6, 6.07) is 11.7. The molecule has 0 bridgehead atoms. The second-order valence-corrected chi connectivity index (χ2v) is 10.3. The van der Waals surface area contributed by atoms with Crippen molar-refractivity contribution in [3.63, 3.8) is 0 Å². The van der Waals surface area contributed by atoms with Crippen LogP contribution in [0.5, 0.6) is 0 Å². The second kappa shape index (κ2) is 9.60. The summed E-state index contributed by atoms with van der Waals surface area (Å²) in [5.41, 5.74) is 1.96. The van der Waals surface area contributed by atoms with Gasteiger partial charge in [-0.2, -0.15) is 4.31 Å². The second-order valence-electron chi connectivity index (χ2n) is 7.96. The molecule has 32 heavy (non-hydrogen) atoms. The fraction of sp³-hybridized carbons (Fsp3) is 0.391. The highest BCUT2D eigenvalue weighted by atomic mass is 35.5. The monoisotopic (exact) mass is 476 g/mol. The normalized spacial score (nSPS) is 17.0. The standard InChI is InChI=1S/C23H25ClN2O5S/c24-19-11-10-18(15-21(19)32(29,30)25-12-4-1-5-13-25)23(28)31-16-22(27)26-14-6-8-17-7-2-3-9-20(17)26/h2-3,7,9-11,15H,1,4-6,8,12-14,16H2. The summed E-state index contributed by atoms with van der Waals surface area (Å²) in [6.07, 6.45) is 4.31. The van der Waals surface area contributed by atoms with E-state index >= 15 is 0 Å². The summed E-state index contributed by atoms with van der Waals surface area (Å²) < 4.78 is 32.6. The lowest BCUT2D eigenvalue weighted by Gasteiger charge is -2.29. The zero-order valence-corrected chi connectivity index (χ0v) is 19.2. The molecule has 1 saturated heterocycles. The average Bonchev–Trinajstić information content (AvgIpc) is 2.82. The molecule has 9 heteroatoms. The zero-order chi connectivity index (χ0) is 22.7. The third-order valence-electron chi connectivity index (χ3n) is 5.84. The average molecular weight is 477 g/mol. The molecule has 2 heterocycles. The highest BCUT2D eigenvalue weighted by Gasteiger charge is 2.29. The molecule has 1 amide bonds. The number of rotatable bonds is 5. The minimum atomic E-state index is -3.81. The Morgan fingerprint density at radius 2 is 1.72 bits per heavy atom. The van der Waals surface area contributed by atoms with Crippen molar-refractivity contribution in [3.8, 4) is 0 Å². The van der Waals surface area contributed by atoms with Gasteiger partial charge >= 0.3 is 5.97 Å². The van der Waals surface area contributed by atoms with Crippen molar-refractivity contribution in [2.75, 3.05) is 31.1 Å². The van der Waals surface area contributed by atoms with Crippen LogP contribution in [0.2, 0.25) is 5.02 Å². The Balaban J connectivity index is 1.46. The number of amides is 1. The molecule has 2 aliphatic rings. The smallest absolute Gasteiger partial charge is 0.338 e. The highest BCUT2D eigenvalue weighted by molar-refractivity contribution is 7.89. The number of benzene rings is 2. The van der Waals surface area contributed by atoms with Crippen LogP contribution in [0.25, 0.3) is 0 Å². The van der Waals surface area contributed by atoms with Gasteiger partial charge in [0, 0.05) is 25.3 Å². The molecular formula is C23H25ClN2O5S. The molecule has 2 aliphatic heterocycles. The lowest BCUT2D eigenvalue weighted by molar-refractivity contribution is -0.121. The van der Waals surface area contributed by atoms with Crippen molar-refractivity contribution in [1.29, 1.82) is 0 Å². The van der Waals surface area contributed by atoms with Crippen LogP contribution in [-0.4, -0.2) is 50.8 Å². The van der Waals surface area contributed by atoms with Gasteiger partial charge in [0.15, 0.2) is 6.61 Å². The maximum atomic E-state index is 13.0. The predicted octanol–water partition coefficient (Wildman–Crippen LogP) is 3.65. The van der Waals surface area contributed by atoms with Crippen LogP contribution < -0.4 is 4.90 Å². The van der Waals surface area contributed by atoms with Gasteiger partial charge in [0.2, 0.25) is 10.0 Å². The highest BCUT2D eigenvalue weighted by Crippen LogP contribution is 2.29. The van der Waals surface area contributed by atoms with Crippen LogP contribution in [-0.2, 0) is 26.0 Å². The summed E-state index contributed by atoms with van der Waals surface area (Å²) in [6.45, 7) is 0.995. The molecule has 0 aliphatic carbocycles. The molecular weight excluding hydrogens is 452 g/mol. The predicted molar refractivity (Wildman–Crippen MR) is 121 cm³/mol. The number of sulfonamides is 1. The molecule has 0 N–H and O–H groups in total. The molecule has 2 aromatic rings.